The van der Waals surface area contributed by atoms with Crippen molar-refractivity contribution in [3.05, 3.63) is 40.5 Å². The van der Waals surface area contributed by atoms with Gasteiger partial charge in [-0.05, 0) is 19.1 Å². The molecule has 9 heteroatoms. The molecule has 25 heavy (non-hydrogen) atoms. The molecule has 0 saturated carbocycles. The number of rotatable bonds is 2. The molecule has 1 aromatic heterocycles. The lowest BCUT2D eigenvalue weighted by atomic mass is 10.1. The van der Waals surface area contributed by atoms with Crippen molar-refractivity contribution >= 4 is 17.5 Å². The number of aromatic nitrogens is 2. The van der Waals surface area contributed by atoms with Gasteiger partial charge in [0.2, 0.25) is 0 Å². The molecule has 1 N–H and O–H groups in total. The Morgan fingerprint density at radius 2 is 2.04 bits per heavy atom. The Morgan fingerprint density at radius 1 is 1.36 bits per heavy atom. The van der Waals surface area contributed by atoms with Crippen molar-refractivity contribution in [2.75, 3.05) is 19.7 Å². The second-order valence-corrected chi connectivity index (χ2v) is 6.17. The van der Waals surface area contributed by atoms with E-state index in [1.165, 1.54) is 0 Å². The summed E-state index contributed by atoms with van der Waals surface area (Å²) in [6.45, 7) is 1.10. The van der Waals surface area contributed by atoms with Crippen molar-refractivity contribution in [2.45, 2.75) is 19.2 Å². The SMILES string of the molecule is Cc1c(-c2ccc(Cl)cc2)n[nH]c1C(=O)N1CCO[C@H](C(F)(F)F)C1. The summed E-state index contributed by atoms with van der Waals surface area (Å²) in [5, 5.41) is 7.34. The van der Waals surface area contributed by atoms with Gasteiger partial charge in [0, 0.05) is 22.7 Å². The van der Waals surface area contributed by atoms with E-state index in [0.29, 0.717) is 16.3 Å². The van der Waals surface area contributed by atoms with Crippen LogP contribution in [0.5, 0.6) is 0 Å². The first kappa shape index (κ1) is 17.8. The number of amides is 1. The van der Waals surface area contributed by atoms with Crippen LogP contribution in [0.15, 0.2) is 24.3 Å². The highest BCUT2D eigenvalue weighted by atomic mass is 35.5. The third kappa shape index (κ3) is 3.64. The molecule has 2 heterocycles. The van der Waals surface area contributed by atoms with Gasteiger partial charge in [-0.15, -0.1) is 0 Å². The maximum atomic E-state index is 12.8. The van der Waals surface area contributed by atoms with Gasteiger partial charge in [0.1, 0.15) is 5.69 Å². The molecule has 1 saturated heterocycles. The van der Waals surface area contributed by atoms with Gasteiger partial charge in [0.25, 0.3) is 5.91 Å². The first-order valence-electron chi connectivity index (χ1n) is 7.56. The number of morpholine rings is 1. The van der Waals surface area contributed by atoms with Gasteiger partial charge >= 0.3 is 6.18 Å². The predicted octanol–water partition coefficient (Wildman–Crippen LogP) is 3.44. The third-order valence-electron chi connectivity index (χ3n) is 4.06. The first-order chi connectivity index (χ1) is 11.8. The van der Waals surface area contributed by atoms with Crippen LogP contribution in [-0.4, -0.2) is 53.0 Å². The molecule has 0 aliphatic carbocycles. The average Bonchev–Trinajstić information content (AvgIpc) is 2.96. The molecular weight excluding hydrogens is 359 g/mol. The molecule has 0 bridgehead atoms. The van der Waals surface area contributed by atoms with Gasteiger partial charge in [-0.1, -0.05) is 23.7 Å². The highest BCUT2D eigenvalue weighted by Crippen LogP contribution is 2.28. The number of carbonyl (C=O) groups is 1. The summed E-state index contributed by atoms with van der Waals surface area (Å²) in [6, 6.07) is 6.91. The minimum Gasteiger partial charge on any atom is -0.365 e. The van der Waals surface area contributed by atoms with Gasteiger partial charge in [0.15, 0.2) is 6.10 Å². The largest absolute Gasteiger partial charge is 0.416 e. The number of aromatic amines is 1. The monoisotopic (exact) mass is 373 g/mol. The molecule has 1 aromatic carbocycles. The smallest absolute Gasteiger partial charge is 0.365 e. The Labute approximate surface area is 146 Å². The molecular formula is C16H15ClF3N3O2. The molecule has 0 spiro atoms. The number of halogens is 4. The maximum Gasteiger partial charge on any atom is 0.416 e. The second kappa shape index (κ2) is 6.68. The van der Waals surface area contributed by atoms with Crippen LogP contribution in [0.2, 0.25) is 5.02 Å². The minimum atomic E-state index is -4.50. The van der Waals surface area contributed by atoms with Crippen LogP contribution in [0.25, 0.3) is 11.3 Å². The maximum absolute atomic E-state index is 12.8. The van der Waals surface area contributed by atoms with Crippen LogP contribution in [0, 0.1) is 6.92 Å². The fraction of sp³-hybridized carbons (Fsp3) is 0.375. The van der Waals surface area contributed by atoms with E-state index in [1.54, 1.807) is 31.2 Å². The summed E-state index contributed by atoms with van der Waals surface area (Å²) in [4.78, 5) is 13.7. The van der Waals surface area contributed by atoms with Crippen LogP contribution in [0.3, 0.4) is 0 Å². The zero-order valence-electron chi connectivity index (χ0n) is 13.2. The number of alkyl halides is 3. The number of nitrogens with zero attached hydrogens (tertiary/aromatic N) is 2. The van der Waals surface area contributed by atoms with E-state index in [0.717, 1.165) is 10.5 Å². The van der Waals surface area contributed by atoms with Crippen LogP contribution in [0.4, 0.5) is 13.2 Å². The van der Waals surface area contributed by atoms with Gasteiger partial charge < -0.3 is 9.64 Å². The number of nitrogens with one attached hydrogen (secondary N) is 1. The lowest BCUT2D eigenvalue weighted by Crippen LogP contribution is -2.51. The van der Waals surface area contributed by atoms with E-state index in [4.69, 9.17) is 16.3 Å². The van der Waals surface area contributed by atoms with Gasteiger partial charge in [-0.2, -0.15) is 18.3 Å². The Hall–Kier alpha value is -2.06. The van der Waals surface area contributed by atoms with E-state index < -0.39 is 24.7 Å². The number of carbonyl (C=O) groups excluding carboxylic acids is 1. The molecule has 1 fully saturated rings. The summed E-state index contributed by atoms with van der Waals surface area (Å²) in [6.07, 6.45) is -6.47. The van der Waals surface area contributed by atoms with Crippen molar-refractivity contribution in [1.82, 2.24) is 15.1 Å². The highest BCUT2D eigenvalue weighted by molar-refractivity contribution is 6.30. The molecule has 1 atom stereocenters. The number of hydrogen-bond donors (Lipinski definition) is 1. The topological polar surface area (TPSA) is 58.2 Å². The Kier molecular flexibility index (Phi) is 4.75. The van der Waals surface area contributed by atoms with E-state index in [9.17, 15) is 18.0 Å². The summed E-state index contributed by atoms with van der Waals surface area (Å²) >= 11 is 5.85. The van der Waals surface area contributed by atoms with Gasteiger partial charge in [-0.25, -0.2) is 0 Å². The number of hydrogen-bond acceptors (Lipinski definition) is 3. The Bertz CT molecular complexity index is 774. The number of ether oxygens (including phenoxy) is 1. The van der Waals surface area contributed by atoms with Crippen molar-refractivity contribution in [3.8, 4) is 11.3 Å². The average molecular weight is 374 g/mol. The zero-order valence-corrected chi connectivity index (χ0v) is 14.0. The predicted molar refractivity (Wildman–Crippen MR) is 85.5 cm³/mol. The first-order valence-corrected chi connectivity index (χ1v) is 7.93. The van der Waals surface area contributed by atoms with E-state index in [-0.39, 0.29) is 18.8 Å². The van der Waals surface area contributed by atoms with Crippen molar-refractivity contribution in [2.24, 2.45) is 0 Å². The lowest BCUT2D eigenvalue weighted by molar-refractivity contribution is -0.233. The van der Waals surface area contributed by atoms with Crippen LogP contribution in [0.1, 0.15) is 16.1 Å². The Balaban J connectivity index is 1.82. The lowest BCUT2D eigenvalue weighted by Gasteiger charge is -2.33. The number of benzene rings is 1. The standard InChI is InChI=1S/C16H15ClF3N3O2/c1-9-13(10-2-4-11(17)5-3-10)21-22-14(9)15(24)23-6-7-25-12(8-23)16(18,19)20/h2-5,12H,6-8H2,1H3,(H,21,22)/t12-/m0/s1. The second-order valence-electron chi connectivity index (χ2n) is 5.73. The van der Waals surface area contributed by atoms with Crippen LogP contribution in [-0.2, 0) is 4.74 Å². The minimum absolute atomic E-state index is 0.0974. The normalized spacial score (nSPS) is 18.4. The van der Waals surface area contributed by atoms with Crippen LogP contribution >= 0.6 is 11.6 Å². The molecule has 1 aliphatic rings. The molecule has 1 amide bonds. The summed E-state index contributed by atoms with van der Waals surface area (Å²) in [5.74, 6) is -0.525. The van der Waals surface area contributed by atoms with Crippen molar-refractivity contribution < 1.29 is 22.7 Å². The van der Waals surface area contributed by atoms with E-state index in [2.05, 4.69) is 10.2 Å². The summed E-state index contributed by atoms with van der Waals surface area (Å²) < 4.78 is 43.2. The quantitative estimate of drug-likeness (QED) is 0.877. The van der Waals surface area contributed by atoms with E-state index >= 15 is 0 Å². The van der Waals surface area contributed by atoms with Gasteiger partial charge in [-0.3, -0.25) is 9.89 Å². The number of H-pyrrole nitrogens is 1. The van der Waals surface area contributed by atoms with Crippen molar-refractivity contribution in [1.29, 1.82) is 0 Å². The van der Waals surface area contributed by atoms with Crippen molar-refractivity contribution in [3.63, 3.8) is 0 Å². The zero-order chi connectivity index (χ0) is 18.2. The van der Waals surface area contributed by atoms with E-state index in [1.807, 2.05) is 0 Å². The molecule has 0 unspecified atom stereocenters. The van der Waals surface area contributed by atoms with Crippen LogP contribution < -0.4 is 0 Å². The summed E-state index contributed by atoms with van der Waals surface area (Å²) in [5.41, 5.74) is 2.06. The fourth-order valence-corrected chi connectivity index (χ4v) is 2.81. The molecule has 3 rings (SSSR count). The Morgan fingerprint density at radius 3 is 2.68 bits per heavy atom. The molecule has 1 aliphatic heterocycles. The molecule has 5 nitrogen and oxygen atoms in total. The molecule has 134 valence electrons. The highest BCUT2D eigenvalue weighted by Gasteiger charge is 2.44. The third-order valence-corrected chi connectivity index (χ3v) is 4.31. The molecule has 0 radical (unpaired) electrons. The fourth-order valence-electron chi connectivity index (χ4n) is 2.68. The summed E-state index contributed by atoms with van der Waals surface area (Å²) in [7, 11) is 0. The molecule has 2 aromatic rings. The van der Waals surface area contributed by atoms with Gasteiger partial charge in [0.05, 0.1) is 18.8 Å².